The van der Waals surface area contributed by atoms with Gasteiger partial charge in [-0.05, 0) is 43.2 Å². The number of aryl methyl sites for hydroxylation is 2. The Morgan fingerprint density at radius 1 is 1.04 bits per heavy atom. The largest absolute Gasteiger partial charge is 0.347 e. The molecule has 0 aliphatic carbocycles. The Morgan fingerprint density at radius 2 is 1.77 bits per heavy atom. The minimum Gasteiger partial charge on any atom is -0.347 e. The Morgan fingerprint density at radius 3 is 2.50 bits per heavy atom. The Bertz CT molecular complexity index is 925. The molecule has 1 heterocycles. The molecule has 0 atom stereocenters. The van der Waals surface area contributed by atoms with E-state index >= 15 is 0 Å². The van der Waals surface area contributed by atoms with E-state index in [2.05, 4.69) is 20.6 Å². The predicted octanol–water partition coefficient (Wildman–Crippen LogP) is 3.91. The Balaban J connectivity index is 1.73. The van der Waals surface area contributed by atoms with E-state index in [9.17, 15) is 9.18 Å². The van der Waals surface area contributed by atoms with E-state index < -0.39 is 0 Å². The summed E-state index contributed by atoms with van der Waals surface area (Å²) in [5.41, 5.74) is 3.08. The zero-order valence-corrected chi connectivity index (χ0v) is 14.6. The van der Waals surface area contributed by atoms with Crippen LogP contribution < -0.4 is 10.6 Å². The number of para-hydroxylation sites is 1. The second-order valence-electron chi connectivity index (χ2n) is 5.93. The number of halogens is 1. The van der Waals surface area contributed by atoms with Crippen LogP contribution >= 0.6 is 0 Å². The molecular formula is C20H19FN4O. The summed E-state index contributed by atoms with van der Waals surface area (Å²) in [7, 11) is 0. The molecule has 1 amide bonds. The number of carbonyl (C=O) groups excluding carboxylic acids is 1. The van der Waals surface area contributed by atoms with Crippen LogP contribution in [0.5, 0.6) is 0 Å². The molecule has 0 aliphatic heterocycles. The van der Waals surface area contributed by atoms with Crippen molar-refractivity contribution >= 4 is 17.4 Å². The SMILES string of the molecule is Cc1nc(Nc2ccccc2C)cc(C(=O)NCc2ccc(F)cc2)n1. The van der Waals surface area contributed by atoms with Gasteiger partial charge in [0.15, 0.2) is 0 Å². The van der Waals surface area contributed by atoms with E-state index in [1.807, 2.05) is 31.2 Å². The molecule has 1 aromatic heterocycles. The third kappa shape index (κ3) is 4.42. The zero-order valence-electron chi connectivity index (χ0n) is 14.6. The highest BCUT2D eigenvalue weighted by molar-refractivity contribution is 5.93. The van der Waals surface area contributed by atoms with Gasteiger partial charge < -0.3 is 10.6 Å². The van der Waals surface area contributed by atoms with Crippen LogP contribution in [0, 0.1) is 19.7 Å². The third-order valence-electron chi connectivity index (χ3n) is 3.84. The maximum Gasteiger partial charge on any atom is 0.270 e. The van der Waals surface area contributed by atoms with E-state index in [0.29, 0.717) is 18.2 Å². The van der Waals surface area contributed by atoms with Crippen molar-refractivity contribution in [2.45, 2.75) is 20.4 Å². The van der Waals surface area contributed by atoms with E-state index in [1.165, 1.54) is 12.1 Å². The molecule has 2 aromatic carbocycles. The van der Waals surface area contributed by atoms with Gasteiger partial charge in [0.1, 0.15) is 23.2 Å². The summed E-state index contributed by atoms with van der Waals surface area (Å²) >= 11 is 0. The number of carbonyl (C=O) groups is 1. The average molecular weight is 350 g/mol. The van der Waals surface area contributed by atoms with Crippen LogP contribution in [0.4, 0.5) is 15.9 Å². The Kier molecular flexibility index (Phi) is 5.22. The highest BCUT2D eigenvalue weighted by atomic mass is 19.1. The maximum atomic E-state index is 12.9. The van der Waals surface area contributed by atoms with Crippen molar-refractivity contribution in [2.24, 2.45) is 0 Å². The first-order chi connectivity index (χ1) is 12.5. The average Bonchev–Trinajstić information content (AvgIpc) is 2.62. The molecule has 0 radical (unpaired) electrons. The number of amides is 1. The summed E-state index contributed by atoms with van der Waals surface area (Å²) in [4.78, 5) is 20.9. The van der Waals surface area contributed by atoms with Gasteiger partial charge >= 0.3 is 0 Å². The van der Waals surface area contributed by atoms with Crippen LogP contribution in [0.3, 0.4) is 0 Å². The summed E-state index contributed by atoms with van der Waals surface area (Å²) in [5, 5.41) is 6.00. The standard InChI is InChI=1S/C20H19FN4O/c1-13-5-3-4-6-17(13)25-19-11-18(23-14(2)24-19)20(26)22-12-15-7-9-16(21)10-8-15/h3-11H,12H2,1-2H3,(H,22,26)(H,23,24,25). The number of nitrogens with one attached hydrogen (secondary N) is 2. The van der Waals surface area contributed by atoms with E-state index in [-0.39, 0.29) is 17.4 Å². The number of hydrogen-bond donors (Lipinski definition) is 2. The Hall–Kier alpha value is -3.28. The first-order valence-corrected chi connectivity index (χ1v) is 8.22. The number of aromatic nitrogens is 2. The molecule has 2 N–H and O–H groups in total. The van der Waals surface area contributed by atoms with Gasteiger partial charge in [-0.3, -0.25) is 4.79 Å². The van der Waals surface area contributed by atoms with Gasteiger partial charge in [-0.2, -0.15) is 0 Å². The smallest absolute Gasteiger partial charge is 0.270 e. The second kappa shape index (κ2) is 7.74. The molecule has 0 saturated heterocycles. The predicted molar refractivity (Wildman–Crippen MR) is 98.8 cm³/mol. The molecule has 0 aliphatic rings. The number of rotatable bonds is 5. The molecule has 132 valence electrons. The molecule has 5 nitrogen and oxygen atoms in total. The van der Waals surface area contributed by atoms with Crippen LogP contribution in [-0.2, 0) is 6.54 Å². The summed E-state index contributed by atoms with van der Waals surface area (Å²) in [6.07, 6.45) is 0. The minimum atomic E-state index is -0.312. The van der Waals surface area contributed by atoms with E-state index in [0.717, 1.165) is 16.8 Å². The zero-order chi connectivity index (χ0) is 18.5. The maximum absolute atomic E-state index is 12.9. The van der Waals surface area contributed by atoms with Gasteiger partial charge in [0.25, 0.3) is 5.91 Å². The lowest BCUT2D eigenvalue weighted by atomic mass is 10.2. The van der Waals surface area contributed by atoms with Crippen molar-refractivity contribution < 1.29 is 9.18 Å². The molecular weight excluding hydrogens is 331 g/mol. The first-order valence-electron chi connectivity index (χ1n) is 8.22. The van der Waals surface area contributed by atoms with Crippen LogP contribution in [0.2, 0.25) is 0 Å². The van der Waals surface area contributed by atoms with Gasteiger partial charge in [0.05, 0.1) is 0 Å². The fourth-order valence-corrected chi connectivity index (χ4v) is 2.47. The van der Waals surface area contributed by atoms with Crippen LogP contribution in [0.25, 0.3) is 0 Å². The second-order valence-corrected chi connectivity index (χ2v) is 5.93. The molecule has 26 heavy (non-hydrogen) atoms. The fourth-order valence-electron chi connectivity index (χ4n) is 2.47. The topological polar surface area (TPSA) is 66.9 Å². The molecule has 3 rings (SSSR count). The summed E-state index contributed by atoms with van der Waals surface area (Å²) in [6.45, 7) is 4.02. The quantitative estimate of drug-likeness (QED) is 0.732. The Labute approximate surface area is 151 Å². The highest BCUT2D eigenvalue weighted by Gasteiger charge is 2.11. The molecule has 0 saturated carbocycles. The van der Waals surface area contributed by atoms with E-state index in [1.54, 1.807) is 25.1 Å². The molecule has 0 bridgehead atoms. The number of benzene rings is 2. The van der Waals surface area contributed by atoms with Gasteiger partial charge in [-0.1, -0.05) is 30.3 Å². The highest BCUT2D eigenvalue weighted by Crippen LogP contribution is 2.19. The van der Waals surface area contributed by atoms with Crippen molar-refractivity contribution in [3.8, 4) is 0 Å². The summed E-state index contributed by atoms with van der Waals surface area (Å²) in [6, 6.07) is 15.4. The van der Waals surface area contributed by atoms with Crippen molar-refractivity contribution in [1.82, 2.24) is 15.3 Å². The minimum absolute atomic E-state index is 0.274. The van der Waals surface area contributed by atoms with Crippen LogP contribution in [0.1, 0.15) is 27.4 Å². The monoisotopic (exact) mass is 350 g/mol. The first kappa shape index (κ1) is 17.5. The van der Waals surface area contributed by atoms with Crippen LogP contribution in [-0.4, -0.2) is 15.9 Å². The van der Waals surface area contributed by atoms with Gasteiger partial charge in [0, 0.05) is 18.3 Å². The van der Waals surface area contributed by atoms with Gasteiger partial charge in [0.2, 0.25) is 0 Å². The summed E-state index contributed by atoms with van der Waals surface area (Å²) < 4.78 is 12.9. The molecule has 3 aromatic rings. The lowest BCUT2D eigenvalue weighted by Crippen LogP contribution is -2.24. The number of hydrogen-bond acceptors (Lipinski definition) is 4. The number of anilines is 2. The molecule has 0 unspecified atom stereocenters. The van der Waals surface area contributed by atoms with Crippen molar-refractivity contribution in [1.29, 1.82) is 0 Å². The van der Waals surface area contributed by atoms with Crippen LogP contribution in [0.15, 0.2) is 54.6 Å². The molecule has 0 spiro atoms. The van der Waals surface area contributed by atoms with Crippen molar-refractivity contribution in [3.05, 3.63) is 83.1 Å². The molecule has 0 fully saturated rings. The number of nitrogens with zero attached hydrogens (tertiary/aromatic N) is 2. The fraction of sp³-hybridized carbons (Fsp3) is 0.150. The van der Waals surface area contributed by atoms with Gasteiger partial charge in [-0.15, -0.1) is 0 Å². The van der Waals surface area contributed by atoms with E-state index in [4.69, 9.17) is 0 Å². The van der Waals surface area contributed by atoms with Gasteiger partial charge in [-0.25, -0.2) is 14.4 Å². The lowest BCUT2D eigenvalue weighted by Gasteiger charge is -2.11. The molecule has 6 heteroatoms. The lowest BCUT2D eigenvalue weighted by molar-refractivity contribution is 0.0945. The van der Waals surface area contributed by atoms with Crippen molar-refractivity contribution in [2.75, 3.05) is 5.32 Å². The normalized spacial score (nSPS) is 10.4. The third-order valence-corrected chi connectivity index (χ3v) is 3.84. The summed E-state index contributed by atoms with van der Waals surface area (Å²) in [5.74, 6) is 0.431. The van der Waals surface area contributed by atoms with Crippen molar-refractivity contribution in [3.63, 3.8) is 0 Å².